The Morgan fingerprint density at radius 1 is 1.40 bits per heavy atom. The zero-order valence-electron chi connectivity index (χ0n) is 11.3. The molecule has 0 atom stereocenters. The van der Waals surface area contributed by atoms with E-state index in [0.717, 1.165) is 16.2 Å². The van der Waals surface area contributed by atoms with Crippen LogP contribution in [0.25, 0.3) is 10.9 Å². The lowest BCUT2D eigenvalue weighted by Gasteiger charge is -2.05. The van der Waals surface area contributed by atoms with Crippen molar-refractivity contribution in [3.05, 3.63) is 52.3 Å². The number of hydrogen-bond donors (Lipinski definition) is 1. The zero-order chi connectivity index (χ0) is 14.1. The maximum absolute atomic E-state index is 12.1. The van der Waals surface area contributed by atoms with Gasteiger partial charge in [0.1, 0.15) is 5.82 Å². The van der Waals surface area contributed by atoms with Crippen LogP contribution in [0.5, 0.6) is 0 Å². The van der Waals surface area contributed by atoms with E-state index in [9.17, 15) is 4.79 Å². The van der Waals surface area contributed by atoms with Crippen LogP contribution in [0.4, 0.5) is 0 Å². The lowest BCUT2D eigenvalue weighted by atomic mass is 10.1. The molecule has 0 fully saturated rings. The molecule has 0 radical (unpaired) electrons. The van der Waals surface area contributed by atoms with E-state index in [1.807, 2.05) is 36.9 Å². The topological polar surface area (TPSA) is 63.6 Å². The van der Waals surface area contributed by atoms with Gasteiger partial charge in [-0.25, -0.2) is 9.97 Å². The molecule has 0 saturated heterocycles. The van der Waals surface area contributed by atoms with Gasteiger partial charge in [0.2, 0.25) is 0 Å². The second kappa shape index (κ2) is 5.13. The number of aromatic amines is 1. The summed E-state index contributed by atoms with van der Waals surface area (Å²) in [4.78, 5) is 23.7. The van der Waals surface area contributed by atoms with Crippen molar-refractivity contribution in [2.24, 2.45) is 7.05 Å². The number of imidazole rings is 1. The lowest BCUT2D eigenvalue weighted by Crippen LogP contribution is -2.12. The van der Waals surface area contributed by atoms with E-state index in [1.165, 1.54) is 0 Å². The van der Waals surface area contributed by atoms with E-state index in [2.05, 4.69) is 15.0 Å². The summed E-state index contributed by atoms with van der Waals surface area (Å²) in [6, 6.07) is 5.63. The summed E-state index contributed by atoms with van der Waals surface area (Å²) in [6.07, 6.45) is 3.64. The molecule has 102 valence electrons. The molecular weight excluding hydrogens is 272 g/mol. The third-order valence-corrected chi connectivity index (χ3v) is 4.17. The number of aromatic nitrogens is 4. The molecule has 3 aromatic rings. The molecule has 3 rings (SSSR count). The Bertz CT molecular complexity index is 821. The molecule has 0 aliphatic heterocycles. The molecule has 5 nitrogen and oxygen atoms in total. The quantitative estimate of drug-likeness (QED) is 0.750. The summed E-state index contributed by atoms with van der Waals surface area (Å²) < 4.78 is 1.94. The van der Waals surface area contributed by atoms with E-state index in [0.29, 0.717) is 17.0 Å². The van der Waals surface area contributed by atoms with Crippen LogP contribution in [-0.4, -0.2) is 19.5 Å². The van der Waals surface area contributed by atoms with Gasteiger partial charge in [0.25, 0.3) is 5.56 Å². The van der Waals surface area contributed by atoms with Crippen LogP contribution >= 0.6 is 11.8 Å². The first-order chi connectivity index (χ1) is 9.65. The Kier molecular flexibility index (Phi) is 3.31. The molecule has 0 aliphatic rings. The summed E-state index contributed by atoms with van der Waals surface area (Å²) in [5.74, 6) is 1.26. The number of aryl methyl sites for hydroxylation is 2. The van der Waals surface area contributed by atoms with Gasteiger partial charge < -0.3 is 9.55 Å². The van der Waals surface area contributed by atoms with Crippen molar-refractivity contribution in [3.63, 3.8) is 0 Å². The number of H-pyrrole nitrogens is 1. The Morgan fingerprint density at radius 2 is 2.25 bits per heavy atom. The number of fused-ring (bicyclic) bond motifs is 1. The number of rotatable bonds is 3. The van der Waals surface area contributed by atoms with Crippen molar-refractivity contribution in [2.75, 3.05) is 0 Å². The number of para-hydroxylation sites is 1. The smallest absolute Gasteiger partial charge is 0.258 e. The minimum atomic E-state index is -0.0888. The maximum atomic E-state index is 12.1. The highest BCUT2D eigenvalue weighted by Crippen LogP contribution is 2.19. The van der Waals surface area contributed by atoms with Crippen molar-refractivity contribution in [1.29, 1.82) is 0 Å². The third-order valence-electron chi connectivity index (χ3n) is 3.10. The molecule has 1 aromatic carbocycles. The van der Waals surface area contributed by atoms with Crippen molar-refractivity contribution in [2.45, 2.75) is 17.8 Å². The number of nitrogens with zero attached hydrogens (tertiary/aromatic N) is 3. The second-order valence-electron chi connectivity index (χ2n) is 4.59. The first-order valence-electron chi connectivity index (χ1n) is 6.24. The van der Waals surface area contributed by atoms with E-state index < -0.39 is 0 Å². The monoisotopic (exact) mass is 286 g/mol. The average Bonchev–Trinajstić information content (AvgIpc) is 2.83. The molecule has 0 aliphatic carbocycles. The first kappa shape index (κ1) is 12.9. The van der Waals surface area contributed by atoms with E-state index >= 15 is 0 Å². The van der Waals surface area contributed by atoms with Gasteiger partial charge in [-0.05, 0) is 18.6 Å². The number of benzene rings is 1. The fourth-order valence-corrected chi connectivity index (χ4v) is 2.85. The molecule has 0 bridgehead atoms. The molecule has 0 saturated carbocycles. The Labute approximate surface area is 120 Å². The molecule has 1 N–H and O–H groups in total. The highest BCUT2D eigenvalue weighted by molar-refractivity contribution is 7.98. The fraction of sp³-hybridized carbons (Fsp3) is 0.214. The molecule has 2 heterocycles. The first-order valence-corrected chi connectivity index (χ1v) is 7.22. The Hall–Kier alpha value is -2.08. The van der Waals surface area contributed by atoms with Crippen molar-refractivity contribution in [1.82, 2.24) is 19.5 Å². The normalized spacial score (nSPS) is 11.1. The summed E-state index contributed by atoms with van der Waals surface area (Å²) in [7, 11) is 1.94. The minimum Gasteiger partial charge on any atom is -0.329 e. The molecule has 0 unspecified atom stereocenters. The largest absolute Gasteiger partial charge is 0.329 e. The van der Waals surface area contributed by atoms with Crippen LogP contribution in [0.15, 0.2) is 40.5 Å². The van der Waals surface area contributed by atoms with Gasteiger partial charge in [-0.15, -0.1) is 0 Å². The van der Waals surface area contributed by atoms with Gasteiger partial charge in [-0.2, -0.15) is 0 Å². The predicted octanol–water partition coefficient (Wildman–Crippen LogP) is 2.26. The summed E-state index contributed by atoms with van der Waals surface area (Å²) in [5.41, 5.74) is 1.69. The minimum absolute atomic E-state index is 0.0888. The highest BCUT2D eigenvalue weighted by atomic mass is 32.2. The van der Waals surface area contributed by atoms with Crippen molar-refractivity contribution in [3.8, 4) is 0 Å². The molecule has 6 heteroatoms. The van der Waals surface area contributed by atoms with Gasteiger partial charge in [0.05, 0.1) is 16.7 Å². The number of hydrogen-bond acceptors (Lipinski definition) is 4. The molecule has 0 amide bonds. The average molecular weight is 286 g/mol. The van der Waals surface area contributed by atoms with Gasteiger partial charge in [-0.1, -0.05) is 23.9 Å². The highest BCUT2D eigenvalue weighted by Gasteiger charge is 2.07. The maximum Gasteiger partial charge on any atom is 0.258 e. The Morgan fingerprint density at radius 3 is 3.00 bits per heavy atom. The third kappa shape index (κ3) is 2.34. The molecule has 0 spiro atoms. The summed E-state index contributed by atoms with van der Waals surface area (Å²) in [5, 5.41) is 1.54. The SMILES string of the molecule is Cc1cccc2c(=O)[nH]c(CSc3nccn3C)nc12. The second-order valence-corrected chi connectivity index (χ2v) is 5.54. The van der Waals surface area contributed by atoms with Gasteiger partial charge >= 0.3 is 0 Å². The molecule has 20 heavy (non-hydrogen) atoms. The van der Waals surface area contributed by atoms with Gasteiger partial charge in [-0.3, -0.25) is 4.79 Å². The van der Waals surface area contributed by atoms with Crippen LogP contribution in [0.2, 0.25) is 0 Å². The number of nitrogens with one attached hydrogen (secondary N) is 1. The van der Waals surface area contributed by atoms with Crippen LogP contribution < -0.4 is 5.56 Å². The zero-order valence-corrected chi connectivity index (χ0v) is 12.1. The fourth-order valence-electron chi connectivity index (χ4n) is 2.04. The Balaban J connectivity index is 1.95. The van der Waals surface area contributed by atoms with E-state index in [-0.39, 0.29) is 5.56 Å². The van der Waals surface area contributed by atoms with Crippen molar-refractivity contribution >= 4 is 22.7 Å². The van der Waals surface area contributed by atoms with E-state index in [4.69, 9.17) is 0 Å². The lowest BCUT2D eigenvalue weighted by molar-refractivity contribution is 0.789. The summed E-state index contributed by atoms with van der Waals surface area (Å²) >= 11 is 1.55. The molecular formula is C14H14N4OS. The van der Waals surface area contributed by atoms with Crippen LogP contribution in [0.1, 0.15) is 11.4 Å². The van der Waals surface area contributed by atoms with Crippen molar-refractivity contribution < 1.29 is 0 Å². The van der Waals surface area contributed by atoms with E-state index in [1.54, 1.807) is 24.0 Å². The number of thioether (sulfide) groups is 1. The predicted molar refractivity (Wildman–Crippen MR) is 79.9 cm³/mol. The van der Waals surface area contributed by atoms with Crippen LogP contribution in [0, 0.1) is 6.92 Å². The standard InChI is InChI=1S/C14H14N4OS/c1-9-4-3-5-10-12(9)16-11(17-13(10)19)8-20-14-15-6-7-18(14)2/h3-7H,8H2,1-2H3,(H,16,17,19). The van der Waals surface area contributed by atoms with Gasteiger partial charge in [0, 0.05) is 19.4 Å². The van der Waals surface area contributed by atoms with Crippen LogP contribution in [0.3, 0.4) is 0 Å². The summed E-state index contributed by atoms with van der Waals surface area (Å²) in [6.45, 7) is 1.96. The van der Waals surface area contributed by atoms with Crippen LogP contribution in [-0.2, 0) is 12.8 Å². The molecule has 2 aromatic heterocycles. The van der Waals surface area contributed by atoms with Gasteiger partial charge in [0.15, 0.2) is 5.16 Å².